The minimum Gasteiger partial charge on any atom is -0.256 e. The van der Waals surface area contributed by atoms with Gasteiger partial charge in [0.2, 0.25) is 0 Å². The second-order valence-electron chi connectivity index (χ2n) is 18.3. The molecule has 3 aromatic heterocycles. The van der Waals surface area contributed by atoms with E-state index in [1.807, 2.05) is 152 Å². The van der Waals surface area contributed by atoms with Crippen LogP contribution >= 0.6 is 0 Å². The van der Waals surface area contributed by atoms with Gasteiger partial charge in [-0.2, -0.15) is 0 Å². The monoisotopic (exact) mass is 951 g/mol. The van der Waals surface area contributed by atoms with E-state index in [-0.39, 0.29) is 11.1 Å². The van der Waals surface area contributed by atoms with Crippen LogP contribution in [-0.2, 0) is 0 Å². The van der Waals surface area contributed by atoms with Gasteiger partial charge in [0.25, 0.3) is 0 Å². The predicted octanol–water partition coefficient (Wildman–Crippen LogP) is 18.8. The molecule has 0 fully saturated rings. The van der Waals surface area contributed by atoms with Crippen molar-refractivity contribution in [3.8, 4) is 123 Å². The molecule has 0 saturated heterocycles. The SMILES string of the molecule is [2H]C([2H])([2H])c1cc(-c2ccccc2)ncc1-c1ccccc1-c1cc(-c2ccccc2-c2cnc(-c3ccccc3)cc2-c2ccc(-c3ccccc3)cc2)cc(-c2ccccc2-c2cnc(-c3ccccc3)cc2C([2H])([2H])[2H])c1. The third-order valence-electron chi connectivity index (χ3n) is 13.7. The summed E-state index contributed by atoms with van der Waals surface area (Å²) in [6.45, 7) is -4.96. The maximum Gasteiger partial charge on any atom is 0.0708 e. The average Bonchev–Trinajstić information content (AvgIpc) is 3.56. The molecule has 0 aliphatic carbocycles. The van der Waals surface area contributed by atoms with Crippen LogP contribution in [0.25, 0.3) is 123 Å². The van der Waals surface area contributed by atoms with E-state index >= 15 is 0 Å². The van der Waals surface area contributed by atoms with Crippen LogP contribution in [-0.4, -0.2) is 15.0 Å². The molecule has 3 nitrogen and oxygen atoms in total. The molecule has 12 rings (SSSR count). The molecule has 3 heteroatoms. The van der Waals surface area contributed by atoms with E-state index in [1.54, 1.807) is 24.5 Å². The van der Waals surface area contributed by atoms with Gasteiger partial charge in [-0.3, -0.25) is 15.0 Å². The van der Waals surface area contributed by atoms with Gasteiger partial charge in [0.15, 0.2) is 0 Å². The Morgan fingerprint density at radius 3 is 0.905 bits per heavy atom. The molecule has 0 radical (unpaired) electrons. The van der Waals surface area contributed by atoms with E-state index in [2.05, 4.69) is 97.1 Å². The second kappa shape index (κ2) is 20.3. The number of pyridine rings is 3. The van der Waals surface area contributed by atoms with E-state index in [4.69, 9.17) is 23.2 Å². The number of aromatic nitrogens is 3. The summed E-state index contributed by atoms with van der Waals surface area (Å²) in [6.07, 6.45) is 5.34. The summed E-state index contributed by atoms with van der Waals surface area (Å²) in [6, 6.07) is 84.5. The molecular weight excluding hydrogens is 895 g/mol. The quantitative estimate of drug-likeness (QED) is 0.130. The van der Waals surface area contributed by atoms with Crippen molar-refractivity contribution in [2.45, 2.75) is 13.7 Å². The van der Waals surface area contributed by atoms with Crippen LogP contribution < -0.4 is 0 Å². The van der Waals surface area contributed by atoms with E-state index < -0.39 is 13.7 Å². The van der Waals surface area contributed by atoms with Crippen LogP contribution in [0, 0.1) is 13.7 Å². The minimum absolute atomic E-state index is 0.185. The molecule has 350 valence electrons. The summed E-state index contributed by atoms with van der Waals surface area (Å²) < 4.78 is 53.2. The topological polar surface area (TPSA) is 38.7 Å². The van der Waals surface area contributed by atoms with E-state index in [9.17, 15) is 0 Å². The molecule has 0 amide bonds. The normalized spacial score (nSPS) is 12.6. The Hall–Kier alpha value is -9.57. The van der Waals surface area contributed by atoms with Crippen LogP contribution in [0.4, 0.5) is 0 Å². The number of aryl methyl sites for hydroxylation is 2. The molecule has 0 spiro atoms. The molecule has 0 aliphatic heterocycles. The molecule has 0 saturated carbocycles. The molecule has 0 atom stereocenters. The van der Waals surface area contributed by atoms with Crippen LogP contribution in [0.3, 0.4) is 0 Å². The maximum atomic E-state index is 8.87. The van der Waals surface area contributed by atoms with Crippen LogP contribution in [0.5, 0.6) is 0 Å². The lowest BCUT2D eigenvalue weighted by molar-refractivity contribution is 1.29. The highest BCUT2D eigenvalue weighted by Crippen LogP contribution is 2.45. The van der Waals surface area contributed by atoms with E-state index in [0.29, 0.717) is 33.6 Å². The third kappa shape index (κ3) is 9.15. The zero-order valence-electron chi connectivity index (χ0n) is 46.3. The Morgan fingerprint density at radius 2 is 0.514 bits per heavy atom. The minimum atomic E-state index is -2.48. The van der Waals surface area contributed by atoms with Crippen molar-refractivity contribution in [2.75, 3.05) is 0 Å². The summed E-state index contributed by atoms with van der Waals surface area (Å²) in [4.78, 5) is 14.9. The van der Waals surface area contributed by atoms with Crippen LogP contribution in [0.15, 0.2) is 273 Å². The molecule has 0 bridgehead atoms. The number of nitrogens with zero attached hydrogens (tertiary/aromatic N) is 3. The number of rotatable bonds is 11. The van der Waals surface area contributed by atoms with Crippen molar-refractivity contribution in [3.63, 3.8) is 0 Å². The Balaban J connectivity index is 1.08. The van der Waals surface area contributed by atoms with Crippen molar-refractivity contribution in [3.05, 3.63) is 285 Å². The van der Waals surface area contributed by atoms with Gasteiger partial charge in [-0.05, 0) is 134 Å². The lowest BCUT2D eigenvalue weighted by atomic mass is 9.85. The summed E-state index contributed by atoms with van der Waals surface area (Å²) >= 11 is 0. The smallest absolute Gasteiger partial charge is 0.0708 e. The van der Waals surface area contributed by atoms with Crippen molar-refractivity contribution in [1.29, 1.82) is 0 Å². The van der Waals surface area contributed by atoms with Crippen molar-refractivity contribution in [2.24, 2.45) is 0 Å². The van der Waals surface area contributed by atoms with Crippen LogP contribution in [0.2, 0.25) is 0 Å². The highest BCUT2D eigenvalue weighted by Gasteiger charge is 2.20. The zero-order valence-corrected chi connectivity index (χ0v) is 40.3. The second-order valence-corrected chi connectivity index (χ2v) is 18.3. The number of hydrogen-bond donors (Lipinski definition) is 0. The predicted molar refractivity (Wildman–Crippen MR) is 309 cm³/mol. The highest BCUT2D eigenvalue weighted by molar-refractivity contribution is 5.97. The summed E-state index contributed by atoms with van der Waals surface area (Å²) in [5.74, 6) is 0. The van der Waals surface area contributed by atoms with Gasteiger partial charge in [0, 0.05) is 60.2 Å². The first-order chi connectivity index (χ1) is 38.9. The third-order valence-corrected chi connectivity index (χ3v) is 13.7. The molecule has 9 aromatic carbocycles. The summed E-state index contributed by atoms with van der Waals surface area (Å²) in [7, 11) is 0. The summed E-state index contributed by atoms with van der Waals surface area (Å²) in [5.41, 5.74) is 18.5. The van der Waals surface area contributed by atoms with Gasteiger partial charge in [-0.1, -0.05) is 218 Å². The van der Waals surface area contributed by atoms with Gasteiger partial charge >= 0.3 is 0 Å². The maximum absolute atomic E-state index is 8.87. The number of hydrogen-bond acceptors (Lipinski definition) is 3. The average molecular weight is 952 g/mol. The Morgan fingerprint density at radius 1 is 0.216 bits per heavy atom. The summed E-state index contributed by atoms with van der Waals surface area (Å²) in [5, 5.41) is 0. The molecular formula is C71H51N3. The van der Waals surface area contributed by atoms with Gasteiger partial charge in [0.05, 0.1) is 17.1 Å². The van der Waals surface area contributed by atoms with Gasteiger partial charge in [0.1, 0.15) is 0 Å². The fraction of sp³-hybridized carbons (Fsp3) is 0.0282. The molecule has 0 unspecified atom stereocenters. The zero-order chi connectivity index (χ0) is 54.8. The Labute approximate surface area is 442 Å². The van der Waals surface area contributed by atoms with E-state index in [0.717, 1.165) is 89.1 Å². The highest BCUT2D eigenvalue weighted by atomic mass is 14.7. The molecule has 12 aromatic rings. The standard InChI is InChI=1S/C71H51N3/c1-48-39-69(53-23-9-4-10-24-53)72-45-66(48)62-32-18-15-29-59(62)56-41-57(60-30-16-19-33-63(60)67-46-73-70(40-49(67)2)54-25-11-5-12-26-54)43-58(42-56)61-31-17-20-34-64(61)68-47-74-71(55-27-13-6-14-28-55)44-65(68)52-37-35-51(36-38-52)50-21-7-3-8-22-50/h3-47H,1-2H3/i1D3,2D3. The van der Waals surface area contributed by atoms with Crippen LogP contribution in [0.1, 0.15) is 19.4 Å². The lowest BCUT2D eigenvalue weighted by Crippen LogP contribution is -1.96. The fourth-order valence-electron chi connectivity index (χ4n) is 10.0. The molecule has 0 N–H and O–H groups in total. The van der Waals surface area contributed by atoms with Crippen molar-refractivity contribution in [1.82, 2.24) is 15.0 Å². The fourth-order valence-corrected chi connectivity index (χ4v) is 10.0. The molecule has 74 heavy (non-hydrogen) atoms. The van der Waals surface area contributed by atoms with Gasteiger partial charge in [-0.25, -0.2) is 0 Å². The first kappa shape index (κ1) is 39.1. The Kier molecular flexibility index (Phi) is 10.7. The van der Waals surface area contributed by atoms with Crippen molar-refractivity contribution < 1.29 is 8.22 Å². The number of benzene rings is 9. The largest absolute Gasteiger partial charge is 0.256 e. The molecule has 3 heterocycles. The molecule has 0 aliphatic rings. The first-order valence-corrected chi connectivity index (χ1v) is 24.7. The van der Waals surface area contributed by atoms with Gasteiger partial charge < -0.3 is 0 Å². The first-order valence-electron chi connectivity index (χ1n) is 27.7. The van der Waals surface area contributed by atoms with Crippen molar-refractivity contribution >= 4 is 0 Å². The Bertz CT molecular complexity index is 4020. The lowest BCUT2D eigenvalue weighted by Gasteiger charge is -2.20. The van der Waals surface area contributed by atoms with E-state index in [1.165, 1.54) is 0 Å². The van der Waals surface area contributed by atoms with Gasteiger partial charge in [-0.15, -0.1) is 0 Å².